The molecule has 6 heteroatoms. The van der Waals surface area contributed by atoms with Gasteiger partial charge in [-0.1, -0.05) is 19.9 Å². The van der Waals surface area contributed by atoms with Gasteiger partial charge in [0.1, 0.15) is 5.82 Å². The lowest BCUT2D eigenvalue weighted by molar-refractivity contribution is -0.140. The van der Waals surface area contributed by atoms with Gasteiger partial charge in [0.25, 0.3) is 0 Å². The average Bonchev–Trinajstić information content (AvgIpc) is 2.87. The molecule has 0 saturated carbocycles. The molecule has 0 radical (unpaired) electrons. The van der Waals surface area contributed by atoms with Gasteiger partial charge in [0, 0.05) is 30.4 Å². The van der Waals surface area contributed by atoms with Gasteiger partial charge >= 0.3 is 6.18 Å². The van der Waals surface area contributed by atoms with Crippen molar-refractivity contribution in [3.63, 3.8) is 0 Å². The Balaban J connectivity index is 2.23. The number of hydrogen-bond donors (Lipinski definition) is 0. The summed E-state index contributed by atoms with van der Waals surface area (Å²) in [5.41, 5.74) is -0.461. The van der Waals surface area contributed by atoms with Gasteiger partial charge in [-0.15, -0.1) is 0 Å². The molecule has 0 fully saturated rings. The second-order valence-electron chi connectivity index (χ2n) is 5.40. The standard InChI is InChI=1S/C16H15F4NO/c1-10(2)15(22)12-5-6-21(9-12)8-11-3-4-14(17)13(7-11)16(18,19)20/h3-7,9-10H,8H2,1-2H3. The Morgan fingerprint density at radius 3 is 2.50 bits per heavy atom. The fourth-order valence-electron chi connectivity index (χ4n) is 2.12. The summed E-state index contributed by atoms with van der Waals surface area (Å²) in [5, 5.41) is 0. The summed E-state index contributed by atoms with van der Waals surface area (Å²) in [6.45, 7) is 3.68. The molecule has 0 bridgehead atoms. The summed E-state index contributed by atoms with van der Waals surface area (Å²) in [4.78, 5) is 11.8. The molecule has 1 aromatic heterocycles. The van der Waals surface area contributed by atoms with E-state index in [2.05, 4.69) is 0 Å². The van der Waals surface area contributed by atoms with E-state index in [4.69, 9.17) is 0 Å². The van der Waals surface area contributed by atoms with Crippen LogP contribution >= 0.6 is 0 Å². The molecule has 2 rings (SSSR count). The monoisotopic (exact) mass is 313 g/mol. The van der Waals surface area contributed by atoms with Crippen molar-refractivity contribution in [2.24, 2.45) is 5.92 Å². The highest BCUT2D eigenvalue weighted by Crippen LogP contribution is 2.32. The maximum absolute atomic E-state index is 13.2. The van der Waals surface area contributed by atoms with Crippen LogP contribution in [0.4, 0.5) is 17.6 Å². The molecular weight excluding hydrogens is 298 g/mol. The van der Waals surface area contributed by atoms with Crippen LogP contribution in [0.15, 0.2) is 36.7 Å². The molecule has 118 valence electrons. The number of aromatic nitrogens is 1. The lowest BCUT2D eigenvalue weighted by Crippen LogP contribution is -2.10. The Labute approximate surface area is 125 Å². The number of rotatable bonds is 4. The smallest absolute Gasteiger partial charge is 0.349 e. The van der Waals surface area contributed by atoms with Crippen LogP contribution in [0.2, 0.25) is 0 Å². The number of nitrogens with zero attached hydrogens (tertiary/aromatic N) is 1. The Bertz CT molecular complexity index is 686. The van der Waals surface area contributed by atoms with E-state index in [1.807, 2.05) is 0 Å². The van der Waals surface area contributed by atoms with Crippen molar-refractivity contribution in [3.8, 4) is 0 Å². The summed E-state index contributed by atoms with van der Waals surface area (Å²) in [6, 6.07) is 4.52. The molecule has 0 saturated heterocycles. The summed E-state index contributed by atoms with van der Waals surface area (Å²) < 4.78 is 52.9. The third-order valence-corrected chi connectivity index (χ3v) is 3.26. The summed E-state index contributed by atoms with van der Waals surface area (Å²) in [7, 11) is 0. The Morgan fingerprint density at radius 1 is 1.23 bits per heavy atom. The fourth-order valence-corrected chi connectivity index (χ4v) is 2.12. The largest absolute Gasteiger partial charge is 0.419 e. The van der Waals surface area contributed by atoms with E-state index in [9.17, 15) is 22.4 Å². The van der Waals surface area contributed by atoms with Gasteiger partial charge in [-0.05, 0) is 23.8 Å². The lowest BCUT2D eigenvalue weighted by atomic mass is 10.0. The third kappa shape index (κ3) is 3.55. The first-order chi connectivity index (χ1) is 10.2. The molecule has 0 amide bonds. The van der Waals surface area contributed by atoms with Crippen LogP contribution in [0.1, 0.15) is 35.3 Å². The maximum Gasteiger partial charge on any atom is 0.419 e. The molecule has 0 unspecified atom stereocenters. The van der Waals surface area contributed by atoms with E-state index in [1.54, 1.807) is 36.9 Å². The normalized spacial score (nSPS) is 12.0. The first-order valence-electron chi connectivity index (χ1n) is 6.74. The fraction of sp³-hybridized carbons (Fsp3) is 0.312. The average molecular weight is 313 g/mol. The predicted octanol–water partition coefficient (Wildman–Crippen LogP) is 4.53. The summed E-state index contributed by atoms with van der Waals surface area (Å²) >= 11 is 0. The highest BCUT2D eigenvalue weighted by molar-refractivity contribution is 5.97. The number of benzene rings is 1. The number of alkyl halides is 3. The highest BCUT2D eigenvalue weighted by atomic mass is 19.4. The lowest BCUT2D eigenvalue weighted by Gasteiger charge is -2.10. The molecule has 0 atom stereocenters. The van der Waals surface area contributed by atoms with Crippen LogP contribution in [0.25, 0.3) is 0 Å². The van der Waals surface area contributed by atoms with Gasteiger partial charge in [0.05, 0.1) is 5.56 Å². The summed E-state index contributed by atoms with van der Waals surface area (Å²) in [6.07, 6.45) is -1.53. The van der Waals surface area contributed by atoms with Crippen LogP contribution in [-0.2, 0) is 12.7 Å². The van der Waals surface area contributed by atoms with Crippen molar-refractivity contribution in [1.29, 1.82) is 0 Å². The van der Waals surface area contributed by atoms with Crippen molar-refractivity contribution < 1.29 is 22.4 Å². The van der Waals surface area contributed by atoms with Crippen molar-refractivity contribution in [3.05, 3.63) is 59.2 Å². The zero-order valence-electron chi connectivity index (χ0n) is 12.1. The van der Waals surface area contributed by atoms with Crippen LogP contribution in [0, 0.1) is 11.7 Å². The van der Waals surface area contributed by atoms with E-state index in [0.717, 1.165) is 12.1 Å². The molecule has 1 heterocycles. The minimum atomic E-state index is -4.73. The van der Waals surface area contributed by atoms with Crippen molar-refractivity contribution in [2.45, 2.75) is 26.6 Å². The zero-order valence-corrected chi connectivity index (χ0v) is 12.1. The number of Topliss-reactive ketones (excluding diaryl/α,β-unsaturated/α-hetero) is 1. The number of ketones is 1. The molecule has 1 aromatic carbocycles. The van der Waals surface area contributed by atoms with Crippen molar-refractivity contribution >= 4 is 5.78 Å². The van der Waals surface area contributed by atoms with E-state index in [-0.39, 0.29) is 18.2 Å². The minimum absolute atomic E-state index is 0.0335. The Hall–Kier alpha value is -2.11. The SMILES string of the molecule is CC(C)C(=O)c1ccn(Cc2ccc(F)c(C(F)(F)F)c2)c1. The second-order valence-corrected chi connectivity index (χ2v) is 5.40. The van der Waals surface area contributed by atoms with Crippen molar-refractivity contribution in [2.75, 3.05) is 0 Å². The van der Waals surface area contributed by atoms with Gasteiger partial charge in [0.15, 0.2) is 5.78 Å². The van der Waals surface area contributed by atoms with Gasteiger partial charge in [0.2, 0.25) is 0 Å². The second kappa shape index (κ2) is 5.94. The van der Waals surface area contributed by atoms with E-state index in [0.29, 0.717) is 11.1 Å². The maximum atomic E-state index is 13.2. The van der Waals surface area contributed by atoms with Crippen LogP contribution < -0.4 is 0 Å². The first kappa shape index (κ1) is 16.3. The minimum Gasteiger partial charge on any atom is -0.349 e. The van der Waals surface area contributed by atoms with Crippen LogP contribution in [-0.4, -0.2) is 10.4 Å². The molecule has 22 heavy (non-hydrogen) atoms. The van der Waals surface area contributed by atoms with Crippen LogP contribution in [0.3, 0.4) is 0 Å². The molecule has 0 aliphatic carbocycles. The summed E-state index contributed by atoms with van der Waals surface area (Å²) in [5.74, 6) is -1.48. The van der Waals surface area contributed by atoms with E-state index < -0.39 is 17.6 Å². The van der Waals surface area contributed by atoms with E-state index in [1.165, 1.54) is 6.07 Å². The topological polar surface area (TPSA) is 22.0 Å². The quantitative estimate of drug-likeness (QED) is 0.600. The molecule has 0 N–H and O–H groups in total. The Kier molecular flexibility index (Phi) is 4.39. The van der Waals surface area contributed by atoms with Gasteiger partial charge < -0.3 is 4.57 Å². The molecule has 2 nitrogen and oxygen atoms in total. The first-order valence-corrected chi connectivity index (χ1v) is 6.74. The number of carbonyl (C=O) groups is 1. The molecule has 0 aliphatic rings. The van der Waals surface area contributed by atoms with Gasteiger partial charge in [-0.3, -0.25) is 4.79 Å². The number of hydrogen-bond acceptors (Lipinski definition) is 1. The van der Waals surface area contributed by atoms with E-state index >= 15 is 0 Å². The van der Waals surface area contributed by atoms with Gasteiger partial charge in [-0.25, -0.2) is 4.39 Å². The number of halogens is 4. The predicted molar refractivity (Wildman–Crippen MR) is 74.1 cm³/mol. The molecule has 2 aromatic rings. The third-order valence-electron chi connectivity index (χ3n) is 3.26. The molecule has 0 spiro atoms. The molecule has 0 aliphatic heterocycles. The van der Waals surface area contributed by atoms with Crippen molar-refractivity contribution in [1.82, 2.24) is 4.57 Å². The zero-order chi connectivity index (χ0) is 16.5. The Morgan fingerprint density at radius 2 is 1.91 bits per heavy atom. The highest BCUT2D eigenvalue weighted by Gasteiger charge is 2.34. The number of carbonyl (C=O) groups excluding carboxylic acids is 1. The molecular formula is C16H15F4NO. The van der Waals surface area contributed by atoms with Crippen LogP contribution in [0.5, 0.6) is 0 Å². The van der Waals surface area contributed by atoms with Gasteiger partial charge in [-0.2, -0.15) is 13.2 Å².